The van der Waals surface area contributed by atoms with Crippen molar-refractivity contribution < 1.29 is 0 Å². The van der Waals surface area contributed by atoms with Crippen LogP contribution in [0.2, 0.25) is 5.02 Å². The molecule has 17 heavy (non-hydrogen) atoms. The third kappa shape index (κ3) is 2.37. The second-order valence-corrected chi connectivity index (χ2v) is 5.52. The molecule has 1 aromatic carbocycles. The number of hydrogen-bond acceptors (Lipinski definition) is 3. The van der Waals surface area contributed by atoms with Crippen LogP contribution in [-0.4, -0.2) is 4.57 Å². The largest absolute Gasteiger partial charge is 0.399 e. The summed E-state index contributed by atoms with van der Waals surface area (Å²) in [6, 6.07) is 5.31. The number of anilines is 1. The van der Waals surface area contributed by atoms with E-state index in [4.69, 9.17) is 17.3 Å². The zero-order chi connectivity index (χ0) is 12.6. The predicted molar refractivity (Wildman–Crippen MR) is 73.0 cm³/mol. The SMILES string of the molecule is Cc1sc(=O)n(Cc2cc(N)ccc2Cl)c1C. The van der Waals surface area contributed by atoms with Gasteiger partial charge < -0.3 is 5.73 Å². The highest BCUT2D eigenvalue weighted by Gasteiger charge is 2.09. The van der Waals surface area contributed by atoms with Crippen LogP contribution in [0, 0.1) is 13.8 Å². The van der Waals surface area contributed by atoms with Gasteiger partial charge in [-0.15, -0.1) is 0 Å². The fourth-order valence-corrected chi connectivity index (χ4v) is 2.67. The second-order valence-electron chi connectivity index (χ2n) is 3.95. The van der Waals surface area contributed by atoms with Gasteiger partial charge in [-0.1, -0.05) is 22.9 Å². The summed E-state index contributed by atoms with van der Waals surface area (Å²) in [5, 5.41) is 0.634. The van der Waals surface area contributed by atoms with E-state index >= 15 is 0 Å². The number of aromatic nitrogens is 1. The molecule has 0 saturated heterocycles. The Morgan fingerprint density at radius 3 is 2.71 bits per heavy atom. The van der Waals surface area contributed by atoms with E-state index in [1.807, 2.05) is 13.8 Å². The summed E-state index contributed by atoms with van der Waals surface area (Å²) < 4.78 is 1.72. The van der Waals surface area contributed by atoms with Crippen LogP contribution in [0.15, 0.2) is 23.0 Å². The maximum Gasteiger partial charge on any atom is 0.307 e. The summed E-state index contributed by atoms with van der Waals surface area (Å²) in [5.74, 6) is 0. The number of aryl methyl sites for hydroxylation is 1. The second kappa shape index (κ2) is 4.55. The number of nitrogens with zero attached hydrogens (tertiary/aromatic N) is 1. The lowest BCUT2D eigenvalue weighted by atomic mass is 10.2. The molecule has 0 aliphatic heterocycles. The number of benzene rings is 1. The molecule has 0 amide bonds. The first-order chi connectivity index (χ1) is 7.99. The fourth-order valence-electron chi connectivity index (χ4n) is 1.66. The molecule has 0 unspecified atom stereocenters. The standard InChI is InChI=1S/C12H13ClN2OS/c1-7-8(2)17-12(16)15(7)6-9-5-10(14)3-4-11(9)13/h3-5H,6,14H2,1-2H3. The van der Waals surface area contributed by atoms with Crippen molar-refractivity contribution in [3.8, 4) is 0 Å². The third-order valence-corrected chi connectivity index (χ3v) is 4.14. The monoisotopic (exact) mass is 268 g/mol. The van der Waals surface area contributed by atoms with Crippen LogP contribution >= 0.6 is 22.9 Å². The number of nitrogens with two attached hydrogens (primary N) is 1. The minimum absolute atomic E-state index is 0.0403. The van der Waals surface area contributed by atoms with Crippen molar-refractivity contribution >= 4 is 28.6 Å². The molecule has 0 spiro atoms. The van der Waals surface area contributed by atoms with Gasteiger partial charge in [0.25, 0.3) is 0 Å². The summed E-state index contributed by atoms with van der Waals surface area (Å²) in [7, 11) is 0. The molecule has 0 radical (unpaired) electrons. The van der Waals surface area contributed by atoms with E-state index in [1.165, 1.54) is 11.3 Å². The molecule has 0 aliphatic rings. The Bertz CT molecular complexity index is 615. The van der Waals surface area contributed by atoms with Crippen molar-refractivity contribution in [2.45, 2.75) is 20.4 Å². The Balaban J connectivity index is 2.44. The van der Waals surface area contributed by atoms with E-state index in [0.717, 1.165) is 16.1 Å². The lowest BCUT2D eigenvalue weighted by Crippen LogP contribution is -2.15. The zero-order valence-corrected chi connectivity index (χ0v) is 11.2. The normalized spacial score (nSPS) is 10.8. The average molecular weight is 269 g/mol. The lowest BCUT2D eigenvalue weighted by Gasteiger charge is -2.08. The molecule has 1 aromatic heterocycles. The van der Waals surface area contributed by atoms with Gasteiger partial charge in [0.05, 0.1) is 6.54 Å². The molecular weight excluding hydrogens is 256 g/mol. The molecular formula is C12H13ClN2OS. The van der Waals surface area contributed by atoms with E-state index in [1.54, 1.807) is 22.8 Å². The molecule has 0 saturated carbocycles. The van der Waals surface area contributed by atoms with E-state index < -0.39 is 0 Å². The van der Waals surface area contributed by atoms with Gasteiger partial charge in [0.2, 0.25) is 0 Å². The smallest absolute Gasteiger partial charge is 0.307 e. The summed E-state index contributed by atoms with van der Waals surface area (Å²) >= 11 is 7.35. The van der Waals surface area contributed by atoms with Crippen LogP contribution in [0.25, 0.3) is 0 Å². The highest BCUT2D eigenvalue weighted by molar-refractivity contribution is 7.09. The Labute approximate surface area is 108 Å². The van der Waals surface area contributed by atoms with E-state index in [2.05, 4.69) is 0 Å². The van der Waals surface area contributed by atoms with Crippen LogP contribution in [-0.2, 0) is 6.54 Å². The molecule has 0 aliphatic carbocycles. The Morgan fingerprint density at radius 1 is 1.41 bits per heavy atom. The number of halogens is 1. The molecule has 2 rings (SSSR count). The van der Waals surface area contributed by atoms with Crippen LogP contribution < -0.4 is 10.6 Å². The quantitative estimate of drug-likeness (QED) is 0.852. The number of rotatable bonds is 2. The van der Waals surface area contributed by atoms with Gasteiger partial charge in [0.15, 0.2) is 0 Å². The van der Waals surface area contributed by atoms with Gasteiger partial charge in [-0.05, 0) is 37.6 Å². The molecule has 90 valence electrons. The number of thiazole rings is 1. The third-order valence-electron chi connectivity index (χ3n) is 2.77. The molecule has 0 bridgehead atoms. The number of hydrogen-bond donors (Lipinski definition) is 1. The van der Waals surface area contributed by atoms with Crippen LogP contribution in [0.4, 0.5) is 5.69 Å². The maximum atomic E-state index is 11.8. The molecule has 5 heteroatoms. The van der Waals surface area contributed by atoms with Gasteiger partial charge in [0.1, 0.15) is 0 Å². The van der Waals surface area contributed by atoms with Gasteiger partial charge in [-0.2, -0.15) is 0 Å². The summed E-state index contributed by atoms with van der Waals surface area (Å²) in [6.07, 6.45) is 0. The fraction of sp³-hybridized carbons (Fsp3) is 0.250. The lowest BCUT2D eigenvalue weighted by molar-refractivity contribution is 0.752. The zero-order valence-electron chi connectivity index (χ0n) is 9.66. The van der Waals surface area contributed by atoms with Crippen molar-refractivity contribution in [2.75, 3.05) is 5.73 Å². The number of nitrogen functional groups attached to an aromatic ring is 1. The summed E-state index contributed by atoms with van der Waals surface area (Å²) in [4.78, 5) is 12.8. The Morgan fingerprint density at radius 2 is 2.12 bits per heavy atom. The molecule has 0 fully saturated rings. The summed E-state index contributed by atoms with van der Waals surface area (Å²) in [5.41, 5.74) is 8.23. The molecule has 3 nitrogen and oxygen atoms in total. The Kier molecular flexibility index (Phi) is 3.26. The van der Waals surface area contributed by atoms with Crippen molar-refractivity contribution in [3.63, 3.8) is 0 Å². The van der Waals surface area contributed by atoms with Gasteiger partial charge in [-0.3, -0.25) is 9.36 Å². The topological polar surface area (TPSA) is 48.0 Å². The van der Waals surface area contributed by atoms with Gasteiger partial charge >= 0.3 is 4.87 Å². The van der Waals surface area contributed by atoms with E-state index in [0.29, 0.717) is 17.3 Å². The van der Waals surface area contributed by atoms with Crippen molar-refractivity contribution in [2.24, 2.45) is 0 Å². The van der Waals surface area contributed by atoms with Gasteiger partial charge in [0, 0.05) is 21.3 Å². The van der Waals surface area contributed by atoms with E-state index in [-0.39, 0.29) is 4.87 Å². The van der Waals surface area contributed by atoms with Crippen molar-refractivity contribution in [1.82, 2.24) is 4.57 Å². The van der Waals surface area contributed by atoms with Crippen LogP contribution in [0.3, 0.4) is 0 Å². The van der Waals surface area contributed by atoms with Crippen molar-refractivity contribution in [1.29, 1.82) is 0 Å². The van der Waals surface area contributed by atoms with Crippen LogP contribution in [0.5, 0.6) is 0 Å². The highest BCUT2D eigenvalue weighted by Crippen LogP contribution is 2.21. The predicted octanol–water partition coefficient (Wildman–Crippen LogP) is 2.81. The first-order valence-corrected chi connectivity index (χ1v) is 6.39. The molecule has 2 N–H and O–H groups in total. The highest BCUT2D eigenvalue weighted by atomic mass is 35.5. The average Bonchev–Trinajstić information content (AvgIpc) is 2.50. The first kappa shape index (κ1) is 12.2. The first-order valence-electron chi connectivity index (χ1n) is 5.20. The maximum absolute atomic E-state index is 11.8. The molecule has 0 atom stereocenters. The minimum Gasteiger partial charge on any atom is -0.399 e. The molecule has 1 heterocycles. The van der Waals surface area contributed by atoms with Crippen LogP contribution in [0.1, 0.15) is 16.1 Å². The summed E-state index contributed by atoms with van der Waals surface area (Å²) in [6.45, 7) is 4.35. The molecule has 2 aromatic rings. The van der Waals surface area contributed by atoms with E-state index in [9.17, 15) is 4.79 Å². The minimum atomic E-state index is 0.0403. The van der Waals surface area contributed by atoms with Crippen molar-refractivity contribution in [3.05, 3.63) is 49.0 Å². The van der Waals surface area contributed by atoms with Gasteiger partial charge in [-0.25, -0.2) is 0 Å². The Hall–Kier alpha value is -1.26.